The predicted octanol–water partition coefficient (Wildman–Crippen LogP) is 2.96. The second-order valence-electron chi connectivity index (χ2n) is 7.16. The first-order valence-electron chi connectivity index (χ1n) is 7.35. The molecular formula is C16H24O3. The average molecular weight is 264 g/mol. The first kappa shape index (κ1) is 14.4. The lowest BCUT2D eigenvalue weighted by atomic mass is 9.67. The number of carbonyl (C=O) groups is 3. The molecule has 2 fully saturated rings. The number of fused-ring (bicyclic) bond motifs is 1. The first-order chi connectivity index (χ1) is 8.80. The Morgan fingerprint density at radius 3 is 2.42 bits per heavy atom. The van der Waals surface area contributed by atoms with Gasteiger partial charge in [0.25, 0.3) is 0 Å². The van der Waals surface area contributed by atoms with Gasteiger partial charge in [0.05, 0.1) is 0 Å². The van der Waals surface area contributed by atoms with E-state index < -0.39 is 0 Å². The van der Waals surface area contributed by atoms with Gasteiger partial charge in [-0.25, -0.2) is 0 Å². The van der Waals surface area contributed by atoms with Crippen LogP contribution in [0.3, 0.4) is 0 Å². The van der Waals surface area contributed by atoms with Crippen molar-refractivity contribution in [2.75, 3.05) is 0 Å². The molecule has 19 heavy (non-hydrogen) atoms. The third-order valence-corrected chi connectivity index (χ3v) is 4.73. The number of Topliss-reactive ketones (excluding diaryl/α,β-unsaturated/α-hetero) is 3. The highest BCUT2D eigenvalue weighted by Crippen LogP contribution is 2.45. The number of carbonyl (C=O) groups excluding carboxylic acids is 3. The fourth-order valence-electron chi connectivity index (χ4n) is 3.95. The highest BCUT2D eigenvalue weighted by Gasteiger charge is 2.45. The van der Waals surface area contributed by atoms with Gasteiger partial charge in [-0.05, 0) is 31.1 Å². The molecular weight excluding hydrogens is 240 g/mol. The summed E-state index contributed by atoms with van der Waals surface area (Å²) in [6.07, 6.45) is 4.11. The maximum atomic E-state index is 12.5. The van der Waals surface area contributed by atoms with Crippen molar-refractivity contribution in [3.05, 3.63) is 0 Å². The normalized spacial score (nSPS) is 34.6. The van der Waals surface area contributed by atoms with Crippen molar-refractivity contribution >= 4 is 17.3 Å². The SMILES string of the molecule is CC(=O)C[C@@H]1C(=O)CC(C)(C)CC(=O)[C@@H]2CCC[C@@H]12. The van der Waals surface area contributed by atoms with Crippen LogP contribution in [0.4, 0.5) is 0 Å². The van der Waals surface area contributed by atoms with E-state index in [1.54, 1.807) is 6.92 Å². The van der Waals surface area contributed by atoms with Crippen molar-refractivity contribution in [2.45, 2.75) is 59.3 Å². The maximum absolute atomic E-state index is 12.5. The Bertz CT molecular complexity index is 408. The molecule has 0 aromatic rings. The molecule has 3 heteroatoms. The van der Waals surface area contributed by atoms with Crippen LogP contribution < -0.4 is 0 Å². The van der Waals surface area contributed by atoms with E-state index in [2.05, 4.69) is 0 Å². The smallest absolute Gasteiger partial charge is 0.137 e. The minimum atomic E-state index is -0.253. The molecule has 2 aliphatic carbocycles. The highest BCUT2D eigenvalue weighted by molar-refractivity contribution is 5.91. The van der Waals surface area contributed by atoms with E-state index in [1.165, 1.54) is 0 Å². The largest absolute Gasteiger partial charge is 0.300 e. The summed E-state index contributed by atoms with van der Waals surface area (Å²) in [6.45, 7) is 5.52. The lowest BCUT2D eigenvalue weighted by Gasteiger charge is -2.35. The van der Waals surface area contributed by atoms with Crippen molar-refractivity contribution in [3.8, 4) is 0 Å². The quantitative estimate of drug-likeness (QED) is 0.770. The molecule has 0 heterocycles. The fraction of sp³-hybridized carbons (Fsp3) is 0.812. The second kappa shape index (κ2) is 5.18. The lowest BCUT2D eigenvalue weighted by molar-refractivity contribution is -0.137. The summed E-state index contributed by atoms with van der Waals surface area (Å²) in [7, 11) is 0. The number of ketones is 3. The molecule has 0 saturated heterocycles. The van der Waals surface area contributed by atoms with E-state index in [0.717, 1.165) is 19.3 Å². The Hall–Kier alpha value is -0.990. The van der Waals surface area contributed by atoms with Crippen molar-refractivity contribution < 1.29 is 14.4 Å². The second-order valence-corrected chi connectivity index (χ2v) is 7.16. The zero-order valence-electron chi connectivity index (χ0n) is 12.2. The summed E-state index contributed by atoms with van der Waals surface area (Å²) in [5.41, 5.74) is -0.253. The van der Waals surface area contributed by atoms with E-state index >= 15 is 0 Å². The Morgan fingerprint density at radius 1 is 1.16 bits per heavy atom. The van der Waals surface area contributed by atoms with E-state index in [9.17, 15) is 14.4 Å². The van der Waals surface area contributed by atoms with Gasteiger partial charge >= 0.3 is 0 Å². The van der Waals surface area contributed by atoms with Crippen molar-refractivity contribution in [1.29, 1.82) is 0 Å². The third-order valence-electron chi connectivity index (χ3n) is 4.73. The molecule has 0 N–H and O–H groups in total. The molecule has 0 aliphatic heterocycles. The van der Waals surface area contributed by atoms with Crippen LogP contribution in [0.15, 0.2) is 0 Å². The van der Waals surface area contributed by atoms with Gasteiger partial charge in [0, 0.05) is 31.1 Å². The van der Waals surface area contributed by atoms with Crippen molar-refractivity contribution in [3.63, 3.8) is 0 Å². The van der Waals surface area contributed by atoms with Gasteiger partial charge in [-0.3, -0.25) is 9.59 Å². The molecule has 2 saturated carbocycles. The van der Waals surface area contributed by atoms with E-state index in [4.69, 9.17) is 0 Å². The van der Waals surface area contributed by atoms with Crippen LogP contribution in [0.1, 0.15) is 59.3 Å². The topological polar surface area (TPSA) is 51.2 Å². The molecule has 0 radical (unpaired) electrons. The Balaban J connectivity index is 2.30. The van der Waals surface area contributed by atoms with Gasteiger partial charge in [-0.1, -0.05) is 20.3 Å². The van der Waals surface area contributed by atoms with Crippen molar-refractivity contribution in [1.82, 2.24) is 0 Å². The standard InChI is InChI=1S/C16H24O3/c1-10(17)7-13-11-5-4-6-12(11)14(18)8-16(2,3)9-15(13)19/h11-13H,4-9H2,1-3H3/t11-,12-,13+/m1/s1. The molecule has 3 atom stereocenters. The van der Waals surface area contributed by atoms with Gasteiger partial charge < -0.3 is 4.79 Å². The summed E-state index contributed by atoms with van der Waals surface area (Å²) in [4.78, 5) is 36.4. The first-order valence-corrected chi connectivity index (χ1v) is 7.35. The average Bonchev–Trinajstić information content (AvgIpc) is 2.71. The summed E-state index contributed by atoms with van der Waals surface area (Å²) in [5.74, 6) is 0.509. The Kier molecular flexibility index (Phi) is 3.93. The van der Waals surface area contributed by atoms with Crippen LogP contribution in [0.5, 0.6) is 0 Å². The Morgan fingerprint density at radius 2 is 1.79 bits per heavy atom. The molecule has 2 rings (SSSR count). The van der Waals surface area contributed by atoms with Gasteiger partial charge in [0.15, 0.2) is 0 Å². The van der Waals surface area contributed by atoms with E-state index in [1.807, 2.05) is 13.8 Å². The zero-order chi connectivity index (χ0) is 14.2. The minimum Gasteiger partial charge on any atom is -0.300 e. The lowest BCUT2D eigenvalue weighted by Crippen LogP contribution is -2.38. The predicted molar refractivity (Wildman–Crippen MR) is 72.6 cm³/mol. The molecule has 0 unspecified atom stereocenters. The molecule has 0 amide bonds. The maximum Gasteiger partial charge on any atom is 0.137 e. The third kappa shape index (κ3) is 3.13. The molecule has 3 nitrogen and oxygen atoms in total. The molecule has 0 bridgehead atoms. The summed E-state index contributed by atoms with van der Waals surface area (Å²) in [5, 5.41) is 0. The van der Waals surface area contributed by atoms with Gasteiger partial charge in [-0.15, -0.1) is 0 Å². The van der Waals surface area contributed by atoms with Crippen LogP contribution in [0, 0.1) is 23.2 Å². The molecule has 2 aliphatic rings. The van der Waals surface area contributed by atoms with Crippen LogP contribution in [-0.4, -0.2) is 17.3 Å². The molecule has 0 spiro atoms. The molecule has 106 valence electrons. The van der Waals surface area contributed by atoms with E-state index in [-0.39, 0.29) is 34.7 Å². The fourth-order valence-corrected chi connectivity index (χ4v) is 3.95. The number of hydrogen-bond donors (Lipinski definition) is 0. The Labute approximate surface area is 115 Å². The molecule has 0 aromatic heterocycles. The van der Waals surface area contributed by atoms with Crippen LogP contribution in [0.25, 0.3) is 0 Å². The van der Waals surface area contributed by atoms with Gasteiger partial charge in [0.1, 0.15) is 17.3 Å². The molecule has 0 aromatic carbocycles. The number of hydrogen-bond acceptors (Lipinski definition) is 3. The summed E-state index contributed by atoms with van der Waals surface area (Å²) < 4.78 is 0. The number of rotatable bonds is 2. The van der Waals surface area contributed by atoms with Crippen LogP contribution in [0.2, 0.25) is 0 Å². The van der Waals surface area contributed by atoms with E-state index in [0.29, 0.717) is 25.0 Å². The zero-order valence-corrected chi connectivity index (χ0v) is 12.2. The highest BCUT2D eigenvalue weighted by atomic mass is 16.1. The monoisotopic (exact) mass is 264 g/mol. The minimum absolute atomic E-state index is 0.0212. The summed E-state index contributed by atoms with van der Waals surface area (Å²) >= 11 is 0. The summed E-state index contributed by atoms with van der Waals surface area (Å²) in [6, 6.07) is 0. The van der Waals surface area contributed by atoms with Crippen molar-refractivity contribution in [2.24, 2.45) is 23.2 Å². The van der Waals surface area contributed by atoms with Crippen LogP contribution >= 0.6 is 0 Å². The van der Waals surface area contributed by atoms with Crippen LogP contribution in [-0.2, 0) is 14.4 Å². The van der Waals surface area contributed by atoms with Gasteiger partial charge in [-0.2, -0.15) is 0 Å². The van der Waals surface area contributed by atoms with Gasteiger partial charge in [0.2, 0.25) is 0 Å².